The van der Waals surface area contributed by atoms with Crippen LogP contribution in [0.2, 0.25) is 0 Å². The van der Waals surface area contributed by atoms with E-state index in [-0.39, 0.29) is 17.7 Å². The molecule has 2 heterocycles. The molecule has 0 aliphatic carbocycles. The van der Waals surface area contributed by atoms with Crippen molar-refractivity contribution in [2.24, 2.45) is 0 Å². The fraction of sp³-hybridized carbons (Fsp3) is 0.462. The number of nitrogens with one attached hydrogen (secondary N) is 1. The first-order valence-corrected chi connectivity index (χ1v) is 6.99. The van der Waals surface area contributed by atoms with Gasteiger partial charge in [-0.05, 0) is 27.7 Å². The standard InChI is InChI=1S/C13H17N3O3S/c1-7-8(2)20-12-14-5-9(11(19)16(7)12)10(18)15-13(3,4)6-17/h5,17H,6H2,1-4H3,(H,15,18). The van der Waals surface area contributed by atoms with E-state index in [1.165, 1.54) is 21.9 Å². The van der Waals surface area contributed by atoms with E-state index in [1.54, 1.807) is 13.8 Å². The van der Waals surface area contributed by atoms with Gasteiger partial charge in [0, 0.05) is 16.8 Å². The molecule has 0 aliphatic rings. The summed E-state index contributed by atoms with van der Waals surface area (Å²) in [6.07, 6.45) is 1.29. The summed E-state index contributed by atoms with van der Waals surface area (Å²) in [4.78, 5) is 30.2. The van der Waals surface area contributed by atoms with Crippen molar-refractivity contribution in [1.29, 1.82) is 0 Å². The molecular formula is C13H17N3O3S. The van der Waals surface area contributed by atoms with Gasteiger partial charge in [0.2, 0.25) is 0 Å². The summed E-state index contributed by atoms with van der Waals surface area (Å²) in [5, 5.41) is 11.8. The third kappa shape index (κ3) is 2.46. The lowest BCUT2D eigenvalue weighted by Crippen LogP contribution is -2.47. The van der Waals surface area contributed by atoms with Crippen LogP contribution in [0, 0.1) is 13.8 Å². The maximum absolute atomic E-state index is 12.4. The maximum Gasteiger partial charge on any atom is 0.271 e. The van der Waals surface area contributed by atoms with Crippen molar-refractivity contribution in [1.82, 2.24) is 14.7 Å². The number of aromatic nitrogens is 2. The molecule has 2 rings (SSSR count). The lowest BCUT2D eigenvalue weighted by atomic mass is 10.1. The van der Waals surface area contributed by atoms with Crippen LogP contribution in [0.3, 0.4) is 0 Å². The van der Waals surface area contributed by atoms with Gasteiger partial charge in [-0.15, -0.1) is 11.3 Å². The molecule has 0 radical (unpaired) electrons. The van der Waals surface area contributed by atoms with Crippen LogP contribution in [0.25, 0.3) is 4.96 Å². The highest BCUT2D eigenvalue weighted by Gasteiger charge is 2.23. The maximum atomic E-state index is 12.4. The Morgan fingerprint density at radius 3 is 2.75 bits per heavy atom. The normalized spacial score (nSPS) is 11.8. The van der Waals surface area contributed by atoms with E-state index in [4.69, 9.17) is 5.11 Å². The van der Waals surface area contributed by atoms with Crippen molar-refractivity contribution in [3.05, 3.63) is 32.7 Å². The molecule has 1 amide bonds. The summed E-state index contributed by atoms with van der Waals surface area (Å²) in [5.41, 5.74) is -0.408. The number of aryl methyl sites for hydroxylation is 2. The zero-order valence-electron chi connectivity index (χ0n) is 11.9. The Morgan fingerprint density at radius 1 is 1.50 bits per heavy atom. The van der Waals surface area contributed by atoms with Gasteiger partial charge in [0.05, 0.1) is 12.1 Å². The molecule has 20 heavy (non-hydrogen) atoms. The molecule has 0 saturated heterocycles. The number of carbonyl (C=O) groups excluding carboxylic acids is 1. The van der Waals surface area contributed by atoms with Gasteiger partial charge in [-0.1, -0.05) is 0 Å². The smallest absolute Gasteiger partial charge is 0.271 e. The lowest BCUT2D eigenvalue weighted by molar-refractivity contribution is 0.0867. The highest BCUT2D eigenvalue weighted by molar-refractivity contribution is 7.17. The van der Waals surface area contributed by atoms with Crippen molar-refractivity contribution < 1.29 is 9.90 Å². The average Bonchev–Trinajstić information content (AvgIpc) is 2.65. The average molecular weight is 295 g/mol. The molecular weight excluding hydrogens is 278 g/mol. The fourth-order valence-corrected chi connectivity index (χ4v) is 2.68. The molecule has 2 aromatic rings. The lowest BCUT2D eigenvalue weighted by Gasteiger charge is -2.23. The van der Waals surface area contributed by atoms with E-state index in [9.17, 15) is 9.59 Å². The Balaban J connectivity index is 2.51. The van der Waals surface area contributed by atoms with Gasteiger partial charge in [0.15, 0.2) is 4.96 Å². The number of aliphatic hydroxyl groups is 1. The van der Waals surface area contributed by atoms with Crippen molar-refractivity contribution in [3.63, 3.8) is 0 Å². The Hall–Kier alpha value is -1.73. The number of rotatable bonds is 3. The van der Waals surface area contributed by atoms with Crippen molar-refractivity contribution >= 4 is 22.2 Å². The van der Waals surface area contributed by atoms with Crippen LogP contribution in [0.4, 0.5) is 0 Å². The molecule has 0 aliphatic heterocycles. The number of amides is 1. The van der Waals surface area contributed by atoms with Crippen LogP contribution in [-0.2, 0) is 0 Å². The summed E-state index contributed by atoms with van der Waals surface area (Å²) in [6, 6.07) is 0. The van der Waals surface area contributed by atoms with Gasteiger partial charge in [0.1, 0.15) is 5.56 Å². The van der Waals surface area contributed by atoms with Crippen LogP contribution in [-0.4, -0.2) is 32.5 Å². The van der Waals surface area contributed by atoms with Gasteiger partial charge < -0.3 is 10.4 Å². The van der Waals surface area contributed by atoms with E-state index in [1.807, 2.05) is 13.8 Å². The molecule has 108 valence electrons. The first kappa shape index (κ1) is 14.7. The third-order valence-electron chi connectivity index (χ3n) is 3.11. The second kappa shape index (κ2) is 4.99. The fourth-order valence-electron chi connectivity index (χ4n) is 1.75. The van der Waals surface area contributed by atoms with Crippen molar-refractivity contribution in [2.45, 2.75) is 33.2 Å². The number of fused-ring (bicyclic) bond motifs is 1. The van der Waals surface area contributed by atoms with E-state index in [0.29, 0.717) is 4.96 Å². The minimum absolute atomic E-state index is 0.0232. The summed E-state index contributed by atoms with van der Waals surface area (Å²) in [7, 11) is 0. The van der Waals surface area contributed by atoms with Gasteiger partial charge in [-0.2, -0.15) is 0 Å². The SMILES string of the molecule is Cc1sc2ncc(C(=O)NC(C)(C)CO)c(=O)n2c1C. The predicted octanol–water partition coefficient (Wildman–Crippen LogP) is 0.874. The molecule has 6 nitrogen and oxygen atoms in total. The van der Waals surface area contributed by atoms with Crippen LogP contribution >= 0.6 is 11.3 Å². The minimum atomic E-state index is -0.789. The Labute approximate surface area is 120 Å². The van der Waals surface area contributed by atoms with Gasteiger partial charge >= 0.3 is 0 Å². The number of carbonyl (C=O) groups is 1. The second-order valence-corrected chi connectivity index (χ2v) is 6.52. The van der Waals surface area contributed by atoms with E-state index < -0.39 is 11.4 Å². The summed E-state index contributed by atoms with van der Waals surface area (Å²) >= 11 is 1.41. The summed E-state index contributed by atoms with van der Waals surface area (Å²) < 4.78 is 1.45. The Kier molecular flexibility index (Phi) is 3.66. The first-order valence-electron chi connectivity index (χ1n) is 6.18. The molecule has 7 heteroatoms. The minimum Gasteiger partial charge on any atom is -0.394 e. The zero-order chi connectivity index (χ0) is 15.1. The second-order valence-electron chi connectivity index (χ2n) is 5.33. The largest absolute Gasteiger partial charge is 0.394 e. The van der Waals surface area contributed by atoms with Gasteiger partial charge in [-0.3, -0.25) is 14.0 Å². The van der Waals surface area contributed by atoms with Gasteiger partial charge in [-0.25, -0.2) is 4.98 Å². The van der Waals surface area contributed by atoms with Crippen molar-refractivity contribution in [2.75, 3.05) is 6.61 Å². The molecule has 0 saturated carbocycles. The highest BCUT2D eigenvalue weighted by Crippen LogP contribution is 2.18. The topological polar surface area (TPSA) is 83.7 Å². The van der Waals surface area contributed by atoms with Crippen LogP contribution < -0.4 is 10.9 Å². The third-order valence-corrected chi connectivity index (χ3v) is 4.18. The molecule has 2 N–H and O–H groups in total. The first-order chi connectivity index (χ1) is 9.26. The number of hydrogen-bond acceptors (Lipinski definition) is 5. The molecule has 0 bridgehead atoms. The predicted molar refractivity (Wildman–Crippen MR) is 77.4 cm³/mol. The van der Waals surface area contributed by atoms with E-state index in [2.05, 4.69) is 10.3 Å². The molecule has 0 aromatic carbocycles. The number of thiazole rings is 1. The Morgan fingerprint density at radius 2 is 2.15 bits per heavy atom. The van der Waals surface area contributed by atoms with Gasteiger partial charge in [0.25, 0.3) is 11.5 Å². The van der Waals surface area contributed by atoms with E-state index >= 15 is 0 Å². The van der Waals surface area contributed by atoms with Crippen LogP contribution in [0.1, 0.15) is 34.8 Å². The molecule has 0 unspecified atom stereocenters. The van der Waals surface area contributed by atoms with E-state index in [0.717, 1.165) is 10.6 Å². The van der Waals surface area contributed by atoms with Crippen molar-refractivity contribution in [3.8, 4) is 0 Å². The number of nitrogens with zero attached hydrogens (tertiary/aromatic N) is 2. The zero-order valence-corrected chi connectivity index (χ0v) is 12.7. The number of aliphatic hydroxyl groups excluding tert-OH is 1. The summed E-state index contributed by atoms with van der Waals surface area (Å²) in [6.45, 7) is 6.86. The highest BCUT2D eigenvalue weighted by atomic mass is 32.1. The van der Waals surface area contributed by atoms with Crippen LogP contribution in [0.15, 0.2) is 11.0 Å². The van der Waals surface area contributed by atoms with Crippen LogP contribution in [0.5, 0.6) is 0 Å². The quantitative estimate of drug-likeness (QED) is 0.880. The summed E-state index contributed by atoms with van der Waals surface area (Å²) in [5.74, 6) is -0.529. The molecule has 0 spiro atoms. The molecule has 0 atom stereocenters. The molecule has 0 fully saturated rings. The monoisotopic (exact) mass is 295 g/mol. The molecule has 2 aromatic heterocycles. The Bertz CT molecular complexity index is 730. The number of hydrogen-bond donors (Lipinski definition) is 2.